The van der Waals surface area contributed by atoms with Gasteiger partial charge < -0.3 is 24.5 Å². The average molecular weight is 254 g/mol. The second-order valence-corrected chi connectivity index (χ2v) is 4.21. The molecule has 0 spiro atoms. The lowest BCUT2D eigenvalue weighted by Crippen LogP contribution is -2.48. The second kappa shape index (κ2) is 4.56. The molecule has 0 saturated carbocycles. The topological polar surface area (TPSA) is 100 Å². The molecule has 6 heteroatoms. The fraction of sp³-hybridized carbons (Fsp3) is 0.417. The minimum atomic E-state index is -1.96. The third-order valence-corrected chi connectivity index (χ3v) is 2.94. The monoisotopic (exact) mass is 254 g/mol. The molecule has 98 valence electrons. The first-order chi connectivity index (χ1) is 8.48. The van der Waals surface area contributed by atoms with Crippen molar-refractivity contribution in [3.63, 3.8) is 0 Å². The number of aliphatic hydroxyl groups excluding tert-OH is 2. The molecule has 1 aromatic heterocycles. The van der Waals surface area contributed by atoms with Crippen molar-refractivity contribution in [1.82, 2.24) is 0 Å². The maximum atomic E-state index is 11.5. The highest BCUT2D eigenvalue weighted by molar-refractivity contribution is 5.86. The van der Waals surface area contributed by atoms with Crippen LogP contribution in [0.5, 0.6) is 0 Å². The van der Waals surface area contributed by atoms with Crippen LogP contribution in [0.1, 0.15) is 12.2 Å². The van der Waals surface area contributed by atoms with E-state index in [0.717, 1.165) is 13.2 Å². The molecular weight excluding hydrogens is 240 g/mol. The van der Waals surface area contributed by atoms with Gasteiger partial charge in [0.1, 0.15) is 11.9 Å². The SMILES string of the molecule is COC(=O)C1(O)C=C(c2ccco2)C(O)C(O)C1. The number of methoxy groups -OCH3 is 1. The van der Waals surface area contributed by atoms with Crippen molar-refractivity contribution in [2.24, 2.45) is 0 Å². The minimum Gasteiger partial charge on any atom is -0.467 e. The Bertz CT molecular complexity index is 463. The van der Waals surface area contributed by atoms with Crippen molar-refractivity contribution in [2.45, 2.75) is 24.2 Å². The molecule has 0 aliphatic heterocycles. The highest BCUT2D eigenvalue weighted by Gasteiger charge is 2.45. The third-order valence-electron chi connectivity index (χ3n) is 2.94. The van der Waals surface area contributed by atoms with Gasteiger partial charge in [-0.2, -0.15) is 0 Å². The first kappa shape index (κ1) is 12.8. The molecule has 0 amide bonds. The average Bonchev–Trinajstić information content (AvgIpc) is 2.86. The number of esters is 1. The van der Waals surface area contributed by atoms with Crippen molar-refractivity contribution in [3.8, 4) is 0 Å². The van der Waals surface area contributed by atoms with Crippen LogP contribution in [-0.4, -0.2) is 46.2 Å². The lowest BCUT2D eigenvalue weighted by Gasteiger charge is -2.33. The number of hydrogen-bond donors (Lipinski definition) is 3. The maximum Gasteiger partial charge on any atom is 0.342 e. The van der Waals surface area contributed by atoms with Crippen molar-refractivity contribution in [1.29, 1.82) is 0 Å². The van der Waals surface area contributed by atoms with Gasteiger partial charge in [-0.3, -0.25) is 0 Å². The Hall–Kier alpha value is -1.63. The van der Waals surface area contributed by atoms with Crippen LogP contribution < -0.4 is 0 Å². The molecule has 1 heterocycles. The van der Waals surface area contributed by atoms with Crippen molar-refractivity contribution in [2.75, 3.05) is 7.11 Å². The van der Waals surface area contributed by atoms with Crippen molar-refractivity contribution < 1.29 is 29.3 Å². The van der Waals surface area contributed by atoms with Crippen LogP contribution in [0, 0.1) is 0 Å². The highest BCUT2D eigenvalue weighted by atomic mass is 16.5. The van der Waals surface area contributed by atoms with E-state index in [9.17, 15) is 20.1 Å². The molecule has 1 aromatic rings. The van der Waals surface area contributed by atoms with E-state index in [0.29, 0.717) is 0 Å². The highest BCUT2D eigenvalue weighted by Crippen LogP contribution is 2.34. The summed E-state index contributed by atoms with van der Waals surface area (Å²) in [7, 11) is 1.14. The van der Waals surface area contributed by atoms with Crippen LogP contribution in [0.25, 0.3) is 5.57 Å². The summed E-state index contributed by atoms with van der Waals surface area (Å²) in [5.74, 6) is -0.610. The molecule has 6 nitrogen and oxygen atoms in total. The zero-order valence-corrected chi connectivity index (χ0v) is 9.74. The lowest BCUT2D eigenvalue weighted by molar-refractivity contribution is -0.161. The van der Waals surface area contributed by atoms with Crippen LogP contribution in [0.4, 0.5) is 0 Å². The summed E-state index contributed by atoms with van der Waals surface area (Å²) in [5.41, 5.74) is -1.80. The molecule has 3 unspecified atom stereocenters. The molecule has 3 N–H and O–H groups in total. The van der Waals surface area contributed by atoms with Crippen LogP contribution in [0.15, 0.2) is 28.9 Å². The Balaban J connectivity index is 2.45. The summed E-state index contributed by atoms with van der Waals surface area (Å²) in [4.78, 5) is 11.5. The van der Waals surface area contributed by atoms with Crippen LogP contribution in [0.3, 0.4) is 0 Å². The summed E-state index contributed by atoms with van der Waals surface area (Å²) in [6.07, 6.45) is -0.276. The molecule has 0 aromatic carbocycles. The first-order valence-electron chi connectivity index (χ1n) is 5.41. The summed E-state index contributed by atoms with van der Waals surface area (Å²) >= 11 is 0. The van der Waals surface area contributed by atoms with Crippen LogP contribution >= 0.6 is 0 Å². The Kier molecular flexibility index (Phi) is 3.25. The minimum absolute atomic E-state index is 0.159. The maximum absolute atomic E-state index is 11.5. The molecule has 1 aliphatic carbocycles. The molecule has 3 atom stereocenters. The summed E-state index contributed by atoms with van der Waals surface area (Å²) < 4.78 is 9.58. The number of rotatable bonds is 2. The predicted molar refractivity (Wildman–Crippen MR) is 60.3 cm³/mol. The van der Waals surface area contributed by atoms with Crippen molar-refractivity contribution in [3.05, 3.63) is 30.2 Å². The van der Waals surface area contributed by atoms with E-state index < -0.39 is 23.8 Å². The molecule has 18 heavy (non-hydrogen) atoms. The van der Waals surface area contributed by atoms with Gasteiger partial charge >= 0.3 is 5.97 Å². The van der Waals surface area contributed by atoms with Crippen molar-refractivity contribution >= 4 is 11.5 Å². The van der Waals surface area contributed by atoms with E-state index in [4.69, 9.17) is 4.42 Å². The second-order valence-electron chi connectivity index (χ2n) is 4.21. The van der Waals surface area contributed by atoms with Gasteiger partial charge in [0, 0.05) is 12.0 Å². The van der Waals surface area contributed by atoms with Gasteiger partial charge in [-0.25, -0.2) is 4.79 Å². The Morgan fingerprint density at radius 2 is 2.28 bits per heavy atom. The fourth-order valence-corrected chi connectivity index (χ4v) is 2.02. The zero-order valence-electron chi connectivity index (χ0n) is 9.74. The molecule has 0 saturated heterocycles. The number of ether oxygens (including phenoxy) is 1. The van der Waals surface area contributed by atoms with E-state index >= 15 is 0 Å². The number of aliphatic hydroxyl groups is 3. The Morgan fingerprint density at radius 1 is 1.56 bits per heavy atom. The molecule has 0 bridgehead atoms. The van der Waals surface area contributed by atoms with E-state index in [1.54, 1.807) is 12.1 Å². The zero-order chi connectivity index (χ0) is 13.3. The standard InChI is InChI=1S/C12H14O6/c1-17-11(15)12(16)5-7(9-3-2-4-18-9)10(14)8(13)6-12/h2-5,8,10,13-14,16H,6H2,1H3. The first-order valence-corrected chi connectivity index (χ1v) is 5.41. The van der Waals surface area contributed by atoms with E-state index in [-0.39, 0.29) is 17.8 Å². The smallest absolute Gasteiger partial charge is 0.342 e. The quantitative estimate of drug-likeness (QED) is 0.626. The number of furan rings is 1. The van der Waals surface area contributed by atoms with Gasteiger partial charge in [-0.05, 0) is 18.2 Å². The largest absolute Gasteiger partial charge is 0.467 e. The van der Waals surface area contributed by atoms with Gasteiger partial charge in [0.15, 0.2) is 5.60 Å². The number of hydrogen-bond acceptors (Lipinski definition) is 6. The van der Waals surface area contributed by atoms with E-state index in [2.05, 4.69) is 4.74 Å². The normalized spacial score (nSPS) is 31.9. The number of carbonyl (C=O) groups is 1. The predicted octanol–water partition coefficient (Wildman–Crippen LogP) is -0.307. The van der Waals surface area contributed by atoms with Gasteiger partial charge in [-0.15, -0.1) is 0 Å². The summed E-state index contributed by atoms with van der Waals surface area (Å²) in [5, 5.41) is 29.7. The van der Waals surface area contributed by atoms with Gasteiger partial charge in [0.05, 0.1) is 19.5 Å². The van der Waals surface area contributed by atoms with Crippen LogP contribution in [0.2, 0.25) is 0 Å². The third kappa shape index (κ3) is 2.05. The molecule has 0 radical (unpaired) electrons. The van der Waals surface area contributed by atoms with Gasteiger partial charge in [0.2, 0.25) is 0 Å². The van der Waals surface area contributed by atoms with E-state index in [1.165, 1.54) is 6.26 Å². The Labute approximate surface area is 103 Å². The Morgan fingerprint density at radius 3 is 2.83 bits per heavy atom. The molecular formula is C12H14O6. The van der Waals surface area contributed by atoms with E-state index in [1.807, 2.05) is 0 Å². The summed E-state index contributed by atoms with van der Waals surface area (Å²) in [6, 6.07) is 3.16. The van der Waals surface area contributed by atoms with Gasteiger partial charge in [-0.1, -0.05) is 0 Å². The van der Waals surface area contributed by atoms with Gasteiger partial charge in [0.25, 0.3) is 0 Å². The summed E-state index contributed by atoms with van der Waals surface area (Å²) in [6.45, 7) is 0. The lowest BCUT2D eigenvalue weighted by atomic mass is 9.82. The molecule has 2 rings (SSSR count). The van der Waals surface area contributed by atoms with Crippen LogP contribution in [-0.2, 0) is 9.53 Å². The fourth-order valence-electron chi connectivity index (χ4n) is 2.02. The molecule has 0 fully saturated rings. The molecule has 1 aliphatic rings. The number of carbonyl (C=O) groups excluding carboxylic acids is 1.